The largest absolute Gasteiger partial charge is 0.326 e. The average molecular weight is 346 g/mol. The van der Waals surface area contributed by atoms with Crippen LogP contribution in [0, 0.1) is 5.92 Å². The topological polar surface area (TPSA) is 64.7 Å². The van der Waals surface area contributed by atoms with E-state index in [9.17, 15) is 9.59 Å². The molecule has 0 bridgehead atoms. The molecule has 2 N–H and O–H groups in total. The number of carbonyl (C=O) groups is 2. The Morgan fingerprint density at radius 1 is 1.08 bits per heavy atom. The number of benzene rings is 1. The van der Waals surface area contributed by atoms with E-state index in [1.165, 1.54) is 0 Å². The molecule has 2 rings (SSSR count). The predicted octanol–water partition coefficient (Wildman–Crippen LogP) is 3.23. The van der Waals surface area contributed by atoms with Crippen LogP contribution in [0.1, 0.15) is 32.6 Å². The lowest BCUT2D eigenvalue weighted by molar-refractivity contribution is -0.117. The Kier molecular flexibility index (Phi) is 7.25. The monoisotopic (exact) mass is 346 g/mol. The summed E-state index contributed by atoms with van der Waals surface area (Å²) in [6, 6.07) is 7.24. The van der Waals surface area contributed by atoms with Crippen molar-refractivity contribution < 1.29 is 9.59 Å². The van der Waals surface area contributed by atoms with Crippen LogP contribution in [0.25, 0.3) is 0 Å². The highest BCUT2D eigenvalue weighted by Gasteiger charge is 2.29. The van der Waals surface area contributed by atoms with Gasteiger partial charge in [-0.3, -0.25) is 4.79 Å². The van der Waals surface area contributed by atoms with Crippen molar-refractivity contribution in [1.82, 2.24) is 9.80 Å². The maximum Gasteiger partial charge on any atom is 0.321 e. The van der Waals surface area contributed by atoms with Gasteiger partial charge in [0.1, 0.15) is 0 Å². The average Bonchev–Trinajstić information content (AvgIpc) is 3.39. The molecule has 138 valence electrons. The predicted molar refractivity (Wildman–Crippen MR) is 102 cm³/mol. The van der Waals surface area contributed by atoms with Crippen molar-refractivity contribution in [3.63, 3.8) is 0 Å². The summed E-state index contributed by atoms with van der Waals surface area (Å²) in [5.74, 6) is 0.231. The van der Waals surface area contributed by atoms with E-state index in [2.05, 4.69) is 22.5 Å². The molecule has 0 aliphatic heterocycles. The minimum Gasteiger partial charge on any atom is -0.326 e. The van der Waals surface area contributed by atoms with Crippen molar-refractivity contribution in [3.8, 4) is 0 Å². The van der Waals surface area contributed by atoms with Crippen LogP contribution in [0.5, 0.6) is 0 Å². The second kappa shape index (κ2) is 9.42. The third-order valence-electron chi connectivity index (χ3n) is 4.14. The van der Waals surface area contributed by atoms with Crippen LogP contribution in [0.4, 0.5) is 16.2 Å². The van der Waals surface area contributed by atoms with Gasteiger partial charge in [-0.2, -0.15) is 0 Å². The highest BCUT2D eigenvalue weighted by atomic mass is 16.2. The number of nitrogens with zero attached hydrogens (tertiary/aromatic N) is 2. The normalized spacial score (nSPS) is 13.6. The Bertz CT molecular complexity index is 585. The van der Waals surface area contributed by atoms with Gasteiger partial charge in [0.25, 0.3) is 0 Å². The molecule has 0 atom stereocenters. The molecule has 1 fully saturated rings. The van der Waals surface area contributed by atoms with E-state index in [1.807, 2.05) is 43.3 Å². The Morgan fingerprint density at radius 2 is 1.76 bits per heavy atom. The first-order chi connectivity index (χ1) is 12.0. The van der Waals surface area contributed by atoms with E-state index in [0.717, 1.165) is 51.0 Å². The number of hydrogen-bond donors (Lipinski definition) is 2. The lowest BCUT2D eigenvalue weighted by atomic mass is 10.2. The molecule has 0 spiro atoms. The molecule has 1 saturated carbocycles. The van der Waals surface area contributed by atoms with E-state index in [4.69, 9.17) is 0 Å². The van der Waals surface area contributed by atoms with Gasteiger partial charge in [0.2, 0.25) is 5.91 Å². The highest BCUT2D eigenvalue weighted by Crippen LogP contribution is 2.30. The maximum atomic E-state index is 12.5. The smallest absolute Gasteiger partial charge is 0.321 e. The fourth-order valence-electron chi connectivity index (χ4n) is 2.63. The summed E-state index contributed by atoms with van der Waals surface area (Å²) < 4.78 is 0. The van der Waals surface area contributed by atoms with Crippen molar-refractivity contribution in [2.24, 2.45) is 5.92 Å². The molecule has 6 nitrogen and oxygen atoms in total. The van der Waals surface area contributed by atoms with Crippen LogP contribution in [0.3, 0.4) is 0 Å². The van der Waals surface area contributed by atoms with Gasteiger partial charge in [-0.1, -0.05) is 13.0 Å². The van der Waals surface area contributed by atoms with E-state index in [0.29, 0.717) is 5.69 Å². The zero-order chi connectivity index (χ0) is 18.2. The third-order valence-corrected chi connectivity index (χ3v) is 4.14. The molecule has 0 saturated heterocycles. The summed E-state index contributed by atoms with van der Waals surface area (Å²) in [4.78, 5) is 28.4. The quantitative estimate of drug-likeness (QED) is 0.721. The fraction of sp³-hybridized carbons (Fsp3) is 0.579. The first kappa shape index (κ1) is 19.2. The molecule has 0 unspecified atom stereocenters. The van der Waals surface area contributed by atoms with Gasteiger partial charge in [0.05, 0.1) is 0 Å². The fourth-order valence-corrected chi connectivity index (χ4v) is 2.63. The molecule has 25 heavy (non-hydrogen) atoms. The molecule has 0 radical (unpaired) electrons. The number of urea groups is 1. The number of hydrogen-bond acceptors (Lipinski definition) is 3. The second-order valence-corrected chi connectivity index (χ2v) is 6.92. The molecule has 6 heteroatoms. The molecule has 1 aliphatic rings. The van der Waals surface area contributed by atoms with Gasteiger partial charge in [-0.15, -0.1) is 0 Å². The summed E-state index contributed by atoms with van der Waals surface area (Å²) in [6.45, 7) is 4.49. The highest BCUT2D eigenvalue weighted by molar-refractivity contribution is 5.95. The van der Waals surface area contributed by atoms with Gasteiger partial charge < -0.3 is 20.4 Å². The van der Waals surface area contributed by atoms with E-state index in [1.54, 1.807) is 0 Å². The van der Waals surface area contributed by atoms with Crippen molar-refractivity contribution >= 4 is 23.3 Å². The standard InChI is InChI=1S/C19H30N4O2/c1-4-11-23(13-6-12-22(2)3)19(25)21-17-8-5-7-16(14-17)20-18(24)15-9-10-15/h5,7-8,14-15H,4,6,9-13H2,1-3H3,(H,20,24)(H,21,25). The summed E-state index contributed by atoms with van der Waals surface area (Å²) in [5, 5.41) is 5.85. The minimum atomic E-state index is -0.0914. The summed E-state index contributed by atoms with van der Waals surface area (Å²) in [5.41, 5.74) is 1.43. The first-order valence-corrected chi connectivity index (χ1v) is 9.11. The van der Waals surface area contributed by atoms with Gasteiger partial charge in [-0.25, -0.2) is 4.79 Å². The van der Waals surface area contributed by atoms with E-state index >= 15 is 0 Å². The van der Waals surface area contributed by atoms with E-state index < -0.39 is 0 Å². The van der Waals surface area contributed by atoms with Crippen molar-refractivity contribution in [2.75, 3.05) is 44.4 Å². The van der Waals surface area contributed by atoms with Gasteiger partial charge in [0, 0.05) is 30.4 Å². The molecular weight excluding hydrogens is 316 g/mol. The molecule has 0 heterocycles. The molecule has 1 aromatic rings. The van der Waals surface area contributed by atoms with Crippen LogP contribution < -0.4 is 10.6 Å². The van der Waals surface area contributed by atoms with Crippen LogP contribution in [-0.2, 0) is 4.79 Å². The Labute approximate surface area is 150 Å². The summed E-state index contributed by atoms with van der Waals surface area (Å²) in [7, 11) is 4.07. The molecule has 0 aromatic heterocycles. The maximum absolute atomic E-state index is 12.5. The lowest BCUT2D eigenvalue weighted by Crippen LogP contribution is -2.37. The van der Waals surface area contributed by atoms with E-state index in [-0.39, 0.29) is 17.9 Å². The first-order valence-electron chi connectivity index (χ1n) is 9.11. The zero-order valence-corrected chi connectivity index (χ0v) is 15.5. The number of rotatable bonds is 9. The molecule has 1 aromatic carbocycles. The van der Waals surface area contributed by atoms with Crippen molar-refractivity contribution in [3.05, 3.63) is 24.3 Å². The van der Waals surface area contributed by atoms with Gasteiger partial charge in [0.15, 0.2) is 0 Å². The second-order valence-electron chi connectivity index (χ2n) is 6.92. The zero-order valence-electron chi connectivity index (χ0n) is 15.5. The van der Waals surface area contributed by atoms with Crippen LogP contribution >= 0.6 is 0 Å². The SMILES string of the molecule is CCCN(CCCN(C)C)C(=O)Nc1cccc(NC(=O)C2CC2)c1. The van der Waals surface area contributed by atoms with Crippen LogP contribution in [-0.4, -0.2) is 55.5 Å². The number of amides is 3. The Morgan fingerprint density at radius 3 is 2.36 bits per heavy atom. The van der Waals surface area contributed by atoms with Crippen molar-refractivity contribution in [2.45, 2.75) is 32.6 Å². The van der Waals surface area contributed by atoms with Crippen LogP contribution in [0.15, 0.2) is 24.3 Å². The minimum absolute atomic E-state index is 0.0692. The van der Waals surface area contributed by atoms with Gasteiger partial charge >= 0.3 is 6.03 Å². The van der Waals surface area contributed by atoms with Gasteiger partial charge in [-0.05, 0) is 64.5 Å². The molecule has 1 aliphatic carbocycles. The molecule has 3 amide bonds. The number of anilines is 2. The van der Waals surface area contributed by atoms with Crippen LogP contribution in [0.2, 0.25) is 0 Å². The number of nitrogens with one attached hydrogen (secondary N) is 2. The Balaban J connectivity index is 1.91. The molecular formula is C19H30N4O2. The lowest BCUT2D eigenvalue weighted by Gasteiger charge is -2.23. The third kappa shape index (κ3) is 6.74. The number of carbonyl (C=O) groups excluding carboxylic acids is 2. The van der Waals surface area contributed by atoms with Crippen molar-refractivity contribution in [1.29, 1.82) is 0 Å². The Hall–Kier alpha value is -2.08. The summed E-state index contributed by atoms with van der Waals surface area (Å²) in [6.07, 6.45) is 3.81. The summed E-state index contributed by atoms with van der Waals surface area (Å²) >= 11 is 0.